The zero-order valence-corrected chi connectivity index (χ0v) is 19.2. The first-order valence-electron chi connectivity index (χ1n) is 11.6. The van der Waals surface area contributed by atoms with Gasteiger partial charge >= 0.3 is 0 Å². The van der Waals surface area contributed by atoms with Gasteiger partial charge in [0.1, 0.15) is 17.8 Å². The molecule has 1 fully saturated rings. The topological polar surface area (TPSA) is 85.2 Å². The third-order valence-corrected chi connectivity index (χ3v) is 6.37. The van der Waals surface area contributed by atoms with Crippen LogP contribution in [-0.2, 0) is 17.9 Å². The molecule has 2 aromatic carbocycles. The monoisotopic (exact) mass is 456 g/mol. The second-order valence-electron chi connectivity index (χ2n) is 8.52. The van der Waals surface area contributed by atoms with Gasteiger partial charge in [0, 0.05) is 18.0 Å². The SMILES string of the molecule is COc1ccc2nnn(CC(=O)N(Cc3ccccn3)c3ccc(C4CCNCC4)cc3)c2c1. The number of nitrogens with one attached hydrogen (secondary N) is 1. The summed E-state index contributed by atoms with van der Waals surface area (Å²) in [7, 11) is 1.61. The number of anilines is 1. The number of nitrogens with zero attached hydrogens (tertiary/aromatic N) is 5. The second kappa shape index (κ2) is 10.0. The molecule has 0 bridgehead atoms. The van der Waals surface area contributed by atoms with Gasteiger partial charge in [0.25, 0.3) is 0 Å². The van der Waals surface area contributed by atoms with E-state index in [1.165, 1.54) is 5.56 Å². The quantitative estimate of drug-likeness (QED) is 0.458. The Morgan fingerprint density at radius 2 is 1.94 bits per heavy atom. The molecule has 1 aliphatic rings. The molecule has 5 rings (SSSR count). The number of pyridine rings is 1. The lowest BCUT2D eigenvalue weighted by atomic mass is 9.90. The molecule has 0 radical (unpaired) electrons. The predicted octanol–water partition coefficient (Wildman–Crippen LogP) is 3.54. The second-order valence-corrected chi connectivity index (χ2v) is 8.52. The van der Waals surface area contributed by atoms with Gasteiger partial charge in [-0.3, -0.25) is 9.78 Å². The molecule has 1 aliphatic heterocycles. The summed E-state index contributed by atoms with van der Waals surface area (Å²) < 4.78 is 6.95. The van der Waals surface area contributed by atoms with Crippen LogP contribution in [0.25, 0.3) is 11.0 Å². The lowest BCUT2D eigenvalue weighted by molar-refractivity contribution is -0.119. The van der Waals surface area contributed by atoms with Crippen LogP contribution in [0.2, 0.25) is 0 Å². The number of hydrogen-bond acceptors (Lipinski definition) is 6. The molecule has 0 aliphatic carbocycles. The Balaban J connectivity index is 1.42. The van der Waals surface area contributed by atoms with Crippen molar-refractivity contribution < 1.29 is 9.53 Å². The summed E-state index contributed by atoms with van der Waals surface area (Å²) in [6.45, 7) is 2.54. The average Bonchev–Trinajstić information content (AvgIpc) is 3.30. The van der Waals surface area contributed by atoms with Crippen molar-refractivity contribution in [2.45, 2.75) is 31.8 Å². The summed E-state index contributed by atoms with van der Waals surface area (Å²) in [5.41, 5.74) is 4.46. The van der Waals surface area contributed by atoms with Gasteiger partial charge in [0.2, 0.25) is 5.91 Å². The Labute approximate surface area is 198 Å². The van der Waals surface area contributed by atoms with Crippen LogP contribution >= 0.6 is 0 Å². The van der Waals surface area contributed by atoms with Crippen molar-refractivity contribution in [3.63, 3.8) is 0 Å². The van der Waals surface area contributed by atoms with E-state index in [-0.39, 0.29) is 12.5 Å². The maximum atomic E-state index is 13.6. The lowest BCUT2D eigenvalue weighted by Gasteiger charge is -2.25. The van der Waals surface area contributed by atoms with Crippen LogP contribution in [0.1, 0.15) is 30.0 Å². The molecule has 3 heterocycles. The van der Waals surface area contributed by atoms with Crippen LogP contribution in [0.15, 0.2) is 66.9 Å². The van der Waals surface area contributed by atoms with Crippen molar-refractivity contribution >= 4 is 22.6 Å². The van der Waals surface area contributed by atoms with E-state index in [9.17, 15) is 4.79 Å². The highest BCUT2D eigenvalue weighted by molar-refractivity contribution is 5.93. The summed E-state index contributed by atoms with van der Waals surface area (Å²) in [5.74, 6) is 1.17. The number of hydrogen-bond donors (Lipinski definition) is 1. The number of fused-ring (bicyclic) bond motifs is 1. The van der Waals surface area contributed by atoms with Crippen molar-refractivity contribution in [2.75, 3.05) is 25.1 Å². The number of rotatable bonds is 7. The number of ether oxygens (including phenoxy) is 1. The molecule has 1 N–H and O–H groups in total. The van der Waals surface area contributed by atoms with Gasteiger partial charge in [0.15, 0.2) is 0 Å². The van der Waals surface area contributed by atoms with E-state index in [1.807, 2.05) is 48.5 Å². The first-order valence-corrected chi connectivity index (χ1v) is 11.6. The van der Waals surface area contributed by atoms with Crippen LogP contribution in [0, 0.1) is 0 Å². The Morgan fingerprint density at radius 3 is 2.68 bits per heavy atom. The Hall–Kier alpha value is -3.78. The lowest BCUT2D eigenvalue weighted by Crippen LogP contribution is -2.34. The highest BCUT2D eigenvalue weighted by Crippen LogP contribution is 2.28. The van der Waals surface area contributed by atoms with E-state index in [4.69, 9.17) is 4.74 Å². The van der Waals surface area contributed by atoms with Crippen LogP contribution in [0.4, 0.5) is 5.69 Å². The van der Waals surface area contributed by atoms with Crippen molar-refractivity contribution in [1.29, 1.82) is 0 Å². The van der Waals surface area contributed by atoms with Gasteiger partial charge in [-0.2, -0.15) is 0 Å². The Bertz CT molecular complexity index is 1250. The minimum atomic E-state index is -0.0881. The van der Waals surface area contributed by atoms with Crippen molar-refractivity contribution in [2.24, 2.45) is 0 Å². The Morgan fingerprint density at radius 1 is 1.12 bits per heavy atom. The fraction of sp³-hybridized carbons (Fsp3) is 0.308. The van der Waals surface area contributed by atoms with E-state index in [0.717, 1.165) is 48.3 Å². The van der Waals surface area contributed by atoms with Gasteiger partial charge in [0.05, 0.1) is 24.9 Å². The number of amides is 1. The predicted molar refractivity (Wildman–Crippen MR) is 131 cm³/mol. The third-order valence-electron chi connectivity index (χ3n) is 6.37. The van der Waals surface area contributed by atoms with Crippen molar-refractivity contribution in [3.05, 3.63) is 78.1 Å². The highest BCUT2D eigenvalue weighted by atomic mass is 16.5. The maximum absolute atomic E-state index is 13.6. The van der Waals surface area contributed by atoms with Crippen molar-refractivity contribution in [3.8, 4) is 5.75 Å². The molecule has 0 spiro atoms. The molecule has 4 aromatic rings. The van der Waals surface area contributed by atoms with E-state index in [0.29, 0.717) is 18.2 Å². The number of benzene rings is 2. The molecule has 34 heavy (non-hydrogen) atoms. The molecule has 8 heteroatoms. The average molecular weight is 457 g/mol. The van der Waals surface area contributed by atoms with E-state index in [2.05, 4.69) is 32.7 Å². The molecule has 2 aromatic heterocycles. The van der Waals surface area contributed by atoms with Crippen LogP contribution in [0.5, 0.6) is 5.75 Å². The molecule has 1 saturated heterocycles. The number of carbonyl (C=O) groups is 1. The molecule has 174 valence electrons. The molecule has 8 nitrogen and oxygen atoms in total. The van der Waals surface area contributed by atoms with E-state index >= 15 is 0 Å². The van der Waals surface area contributed by atoms with Crippen LogP contribution in [0.3, 0.4) is 0 Å². The number of carbonyl (C=O) groups excluding carboxylic acids is 1. The molecular weight excluding hydrogens is 428 g/mol. The number of aromatic nitrogens is 4. The Kier molecular flexibility index (Phi) is 6.49. The van der Waals surface area contributed by atoms with Gasteiger partial charge in [-0.1, -0.05) is 23.4 Å². The molecule has 0 saturated carbocycles. The van der Waals surface area contributed by atoms with E-state index < -0.39 is 0 Å². The first-order chi connectivity index (χ1) is 16.7. The highest BCUT2D eigenvalue weighted by Gasteiger charge is 2.21. The summed E-state index contributed by atoms with van der Waals surface area (Å²) in [6, 6.07) is 19.6. The maximum Gasteiger partial charge on any atom is 0.249 e. The number of piperidine rings is 1. The standard InChI is InChI=1S/C26H28N6O2/c1-34-23-9-10-24-25(16-23)32(30-29-24)18-26(33)31(17-21-4-2-3-13-28-21)22-7-5-19(6-8-22)20-11-14-27-15-12-20/h2-10,13,16,20,27H,11-12,14-15,17-18H2,1H3. The summed E-state index contributed by atoms with van der Waals surface area (Å²) in [6.07, 6.45) is 4.02. The smallest absolute Gasteiger partial charge is 0.249 e. The number of methoxy groups -OCH3 is 1. The largest absolute Gasteiger partial charge is 0.497 e. The molecular formula is C26H28N6O2. The van der Waals surface area contributed by atoms with E-state index in [1.54, 1.807) is 22.9 Å². The molecule has 1 amide bonds. The van der Waals surface area contributed by atoms with Crippen LogP contribution < -0.4 is 15.0 Å². The summed E-state index contributed by atoms with van der Waals surface area (Å²) in [4.78, 5) is 19.8. The van der Waals surface area contributed by atoms with Gasteiger partial charge in [-0.05, 0) is 73.8 Å². The fourth-order valence-corrected chi connectivity index (χ4v) is 4.46. The minimum Gasteiger partial charge on any atom is -0.497 e. The van der Waals surface area contributed by atoms with Crippen LogP contribution in [-0.4, -0.2) is 46.1 Å². The third kappa shape index (κ3) is 4.77. The van der Waals surface area contributed by atoms with Crippen molar-refractivity contribution in [1.82, 2.24) is 25.3 Å². The molecule has 0 unspecified atom stereocenters. The van der Waals surface area contributed by atoms with Gasteiger partial charge in [-0.15, -0.1) is 5.10 Å². The normalized spacial score (nSPS) is 14.3. The molecule has 0 atom stereocenters. The summed E-state index contributed by atoms with van der Waals surface area (Å²) in [5, 5.41) is 11.8. The minimum absolute atomic E-state index is 0.0621. The van der Waals surface area contributed by atoms with Gasteiger partial charge < -0.3 is 15.0 Å². The zero-order chi connectivity index (χ0) is 23.3. The zero-order valence-electron chi connectivity index (χ0n) is 19.2. The fourth-order valence-electron chi connectivity index (χ4n) is 4.46. The summed E-state index contributed by atoms with van der Waals surface area (Å²) >= 11 is 0. The van der Waals surface area contributed by atoms with Gasteiger partial charge in [-0.25, -0.2) is 4.68 Å². The first kappa shape index (κ1) is 22.0.